The van der Waals surface area contributed by atoms with E-state index in [2.05, 4.69) is 4.72 Å². The molecular weight excluding hydrogens is 484 g/mol. The number of aliphatic hydroxyl groups is 1. The van der Waals surface area contributed by atoms with Crippen LogP contribution in [0.4, 0.5) is 5.69 Å². The lowest BCUT2D eigenvalue weighted by Gasteiger charge is -2.47. The van der Waals surface area contributed by atoms with Crippen LogP contribution in [-0.4, -0.2) is 72.0 Å². The molecule has 0 bridgehead atoms. The minimum absolute atomic E-state index is 0.0999. The number of hydrogen-bond donors (Lipinski definition) is 2. The summed E-state index contributed by atoms with van der Waals surface area (Å²) in [5.41, 5.74) is 1.69. The predicted molar refractivity (Wildman–Crippen MR) is 134 cm³/mol. The summed E-state index contributed by atoms with van der Waals surface area (Å²) in [6.07, 6.45) is -4.43. The van der Waals surface area contributed by atoms with Gasteiger partial charge in [0.1, 0.15) is 24.4 Å². The first-order chi connectivity index (χ1) is 17.3. The van der Waals surface area contributed by atoms with Gasteiger partial charge in [0, 0.05) is 43.2 Å². The summed E-state index contributed by atoms with van der Waals surface area (Å²) < 4.78 is 53.1. The van der Waals surface area contributed by atoms with Crippen molar-refractivity contribution in [2.24, 2.45) is 0 Å². The first kappa shape index (κ1) is 25.1. The molecule has 2 heterocycles. The Morgan fingerprint density at radius 2 is 1.69 bits per heavy atom. The molecule has 3 aromatic carbocycles. The fraction of sp³-hybridized carbons (Fsp3) is 0.385. The third kappa shape index (κ3) is 4.61. The second-order valence-corrected chi connectivity index (χ2v) is 10.8. The standard InChI is InChI=1S/C26H30N2O7S/c1-28(2)19-13-7-12-18-17(19)11-8-14-21(18)36(30,31)27-22-23(29)24-20(34-26(22)32-3)15-33-25(35-24)16-9-5-4-6-10-16/h4-14,20,22-27,29H,15H2,1-3H3/t20-,22-,23-,24-,25?,26+/m1/s1. The van der Waals surface area contributed by atoms with Crippen LogP contribution < -0.4 is 9.62 Å². The van der Waals surface area contributed by atoms with Gasteiger partial charge in [0.05, 0.1) is 11.5 Å². The highest BCUT2D eigenvalue weighted by molar-refractivity contribution is 7.89. The number of anilines is 1. The van der Waals surface area contributed by atoms with E-state index >= 15 is 0 Å². The SMILES string of the molecule is CO[C@H]1O[C@@H]2COC(c3ccccc3)O[C@H]2[C@H](O)[C@H]1NS(=O)(=O)c1cccc2c(N(C)C)cccc12. The van der Waals surface area contributed by atoms with Crippen molar-refractivity contribution >= 4 is 26.5 Å². The van der Waals surface area contributed by atoms with Gasteiger partial charge < -0.3 is 29.0 Å². The first-order valence-electron chi connectivity index (χ1n) is 11.7. The second kappa shape index (κ2) is 10.1. The average molecular weight is 515 g/mol. The normalized spacial score (nSPS) is 28.6. The number of methoxy groups -OCH3 is 1. The van der Waals surface area contributed by atoms with Crippen molar-refractivity contribution in [2.45, 2.75) is 41.8 Å². The summed E-state index contributed by atoms with van der Waals surface area (Å²) >= 11 is 0. The van der Waals surface area contributed by atoms with Crippen LogP contribution in [-0.2, 0) is 29.0 Å². The molecule has 6 atom stereocenters. The van der Waals surface area contributed by atoms with E-state index < -0.39 is 47.0 Å². The van der Waals surface area contributed by atoms with Crippen LogP contribution in [0.25, 0.3) is 10.8 Å². The molecule has 36 heavy (non-hydrogen) atoms. The van der Waals surface area contributed by atoms with Crippen molar-refractivity contribution in [3.05, 3.63) is 72.3 Å². The van der Waals surface area contributed by atoms with Crippen molar-refractivity contribution in [1.82, 2.24) is 4.72 Å². The zero-order chi connectivity index (χ0) is 25.4. The molecule has 10 heteroatoms. The lowest BCUT2D eigenvalue weighted by Crippen LogP contribution is -2.66. The summed E-state index contributed by atoms with van der Waals surface area (Å²) in [7, 11) is 1.12. The second-order valence-electron chi connectivity index (χ2n) is 9.12. The molecule has 192 valence electrons. The largest absolute Gasteiger partial charge is 0.388 e. The Balaban J connectivity index is 1.44. The summed E-state index contributed by atoms with van der Waals surface area (Å²) in [4.78, 5) is 2.03. The smallest absolute Gasteiger partial charge is 0.241 e. The third-order valence-electron chi connectivity index (χ3n) is 6.59. The zero-order valence-electron chi connectivity index (χ0n) is 20.3. The van der Waals surface area contributed by atoms with Gasteiger partial charge in [-0.3, -0.25) is 0 Å². The summed E-state index contributed by atoms with van der Waals surface area (Å²) in [5, 5.41) is 12.7. The maximum Gasteiger partial charge on any atom is 0.241 e. The van der Waals surface area contributed by atoms with Crippen LogP contribution in [0.3, 0.4) is 0 Å². The molecule has 0 aromatic heterocycles. The van der Waals surface area contributed by atoms with Crippen molar-refractivity contribution in [3.63, 3.8) is 0 Å². The summed E-state index contributed by atoms with van der Waals surface area (Å²) in [6.45, 7) is 0.164. The van der Waals surface area contributed by atoms with Crippen LogP contribution >= 0.6 is 0 Å². The van der Waals surface area contributed by atoms with Gasteiger partial charge in [-0.05, 0) is 12.1 Å². The molecule has 0 aliphatic carbocycles. The van der Waals surface area contributed by atoms with Crippen molar-refractivity contribution < 1.29 is 32.5 Å². The maximum atomic E-state index is 13.6. The highest BCUT2D eigenvalue weighted by atomic mass is 32.2. The quantitative estimate of drug-likeness (QED) is 0.517. The summed E-state index contributed by atoms with van der Waals surface area (Å²) in [6, 6.07) is 18.9. The van der Waals surface area contributed by atoms with E-state index in [0.717, 1.165) is 16.6 Å². The number of aliphatic hydroxyl groups excluding tert-OH is 1. The topological polar surface area (TPSA) is 107 Å². The van der Waals surface area contributed by atoms with Gasteiger partial charge in [-0.1, -0.05) is 54.6 Å². The molecule has 2 aliphatic heterocycles. The Kier molecular flexibility index (Phi) is 7.01. The Morgan fingerprint density at radius 3 is 2.42 bits per heavy atom. The van der Waals surface area contributed by atoms with E-state index in [0.29, 0.717) is 5.39 Å². The number of ether oxygens (including phenoxy) is 4. The lowest BCUT2D eigenvalue weighted by atomic mass is 9.96. The minimum Gasteiger partial charge on any atom is -0.388 e. The van der Waals surface area contributed by atoms with Crippen molar-refractivity contribution in [1.29, 1.82) is 0 Å². The minimum atomic E-state index is -4.08. The van der Waals surface area contributed by atoms with Gasteiger partial charge in [0.2, 0.25) is 10.0 Å². The molecule has 1 unspecified atom stereocenters. The van der Waals surface area contributed by atoms with Gasteiger partial charge in [0.15, 0.2) is 12.6 Å². The maximum absolute atomic E-state index is 13.6. The van der Waals surface area contributed by atoms with Crippen molar-refractivity contribution in [2.75, 3.05) is 32.7 Å². The molecule has 9 nitrogen and oxygen atoms in total. The third-order valence-corrected chi connectivity index (χ3v) is 8.11. The molecule has 5 rings (SSSR count). The number of sulfonamides is 1. The monoisotopic (exact) mass is 514 g/mol. The molecule has 2 N–H and O–H groups in total. The number of nitrogens with one attached hydrogen (secondary N) is 1. The highest BCUT2D eigenvalue weighted by Gasteiger charge is 2.50. The molecule has 2 aliphatic rings. The fourth-order valence-electron chi connectivity index (χ4n) is 4.83. The van der Waals surface area contributed by atoms with Gasteiger partial charge in [0.25, 0.3) is 0 Å². The van der Waals surface area contributed by atoms with E-state index in [-0.39, 0.29) is 11.5 Å². The van der Waals surface area contributed by atoms with Gasteiger partial charge in [-0.2, -0.15) is 0 Å². The van der Waals surface area contributed by atoms with Crippen molar-refractivity contribution in [3.8, 4) is 0 Å². The molecule has 0 amide bonds. The highest BCUT2D eigenvalue weighted by Crippen LogP contribution is 2.35. The van der Waals surface area contributed by atoms with Crippen LogP contribution in [0.5, 0.6) is 0 Å². The van der Waals surface area contributed by atoms with Crippen LogP contribution in [0.1, 0.15) is 11.9 Å². The Bertz CT molecular complexity index is 1320. The average Bonchev–Trinajstić information content (AvgIpc) is 2.89. The Hall–Kier alpha value is -2.57. The van der Waals surface area contributed by atoms with E-state index in [1.807, 2.05) is 67.5 Å². The van der Waals surface area contributed by atoms with Crippen LogP contribution in [0.15, 0.2) is 71.6 Å². The fourth-order valence-corrected chi connectivity index (χ4v) is 6.29. The van der Waals surface area contributed by atoms with Gasteiger partial charge in [-0.25, -0.2) is 13.1 Å². The number of benzene rings is 3. The van der Waals surface area contributed by atoms with Gasteiger partial charge in [-0.15, -0.1) is 0 Å². The first-order valence-corrected chi connectivity index (χ1v) is 13.2. The van der Waals surface area contributed by atoms with E-state index in [1.54, 1.807) is 18.2 Å². The van der Waals surface area contributed by atoms with E-state index in [4.69, 9.17) is 18.9 Å². The van der Waals surface area contributed by atoms with Crippen LogP contribution in [0.2, 0.25) is 0 Å². The molecule has 2 fully saturated rings. The number of hydrogen-bond acceptors (Lipinski definition) is 8. The molecule has 3 aromatic rings. The van der Waals surface area contributed by atoms with E-state index in [9.17, 15) is 13.5 Å². The number of rotatable bonds is 6. The molecular formula is C26H30N2O7S. The lowest BCUT2D eigenvalue weighted by molar-refractivity contribution is -0.340. The van der Waals surface area contributed by atoms with Gasteiger partial charge >= 0.3 is 0 Å². The summed E-state index contributed by atoms with van der Waals surface area (Å²) in [5.74, 6) is 0. The Labute approximate surface area is 210 Å². The predicted octanol–water partition coefficient (Wildman–Crippen LogP) is 2.40. The zero-order valence-corrected chi connectivity index (χ0v) is 21.1. The Morgan fingerprint density at radius 1 is 0.972 bits per heavy atom. The van der Waals surface area contributed by atoms with Crippen LogP contribution in [0, 0.1) is 0 Å². The number of fused-ring (bicyclic) bond motifs is 2. The molecule has 0 saturated carbocycles. The number of nitrogens with zero attached hydrogens (tertiary/aromatic N) is 1. The van der Waals surface area contributed by atoms with E-state index in [1.165, 1.54) is 7.11 Å². The molecule has 0 spiro atoms. The molecule has 2 saturated heterocycles. The molecule has 0 radical (unpaired) electrons.